The van der Waals surface area contributed by atoms with E-state index in [1.165, 1.54) is 0 Å². The molecule has 1 aliphatic heterocycles. The van der Waals surface area contributed by atoms with Crippen molar-refractivity contribution >= 4 is 5.91 Å². The van der Waals surface area contributed by atoms with Crippen LogP contribution in [0.25, 0.3) is 0 Å². The molecule has 0 spiro atoms. The number of nitrogens with zero attached hydrogens (tertiary/aromatic N) is 1. The second-order valence-electron chi connectivity index (χ2n) is 6.24. The summed E-state index contributed by atoms with van der Waals surface area (Å²) in [7, 11) is 1.69. The van der Waals surface area contributed by atoms with E-state index in [1.807, 2.05) is 49.1 Å². The van der Waals surface area contributed by atoms with Crippen molar-refractivity contribution in [2.75, 3.05) is 13.7 Å². The van der Waals surface area contributed by atoms with E-state index in [2.05, 4.69) is 12.2 Å². The summed E-state index contributed by atoms with van der Waals surface area (Å²) >= 11 is 0. The van der Waals surface area contributed by atoms with Crippen molar-refractivity contribution in [2.45, 2.75) is 51.4 Å². The number of hydrogen-bond acceptors (Lipinski definition) is 3. The number of ether oxygens (including phenoxy) is 1. The second-order valence-corrected chi connectivity index (χ2v) is 6.24. The van der Waals surface area contributed by atoms with Crippen molar-refractivity contribution in [2.24, 2.45) is 0 Å². The molecule has 0 saturated carbocycles. The number of amides is 1. The molecule has 1 aromatic carbocycles. The Morgan fingerprint density at radius 1 is 1.29 bits per heavy atom. The van der Waals surface area contributed by atoms with Crippen molar-refractivity contribution in [1.29, 1.82) is 0 Å². The molecular formula is C17H26N2O2. The van der Waals surface area contributed by atoms with Gasteiger partial charge in [0, 0.05) is 7.11 Å². The Morgan fingerprint density at radius 3 is 2.52 bits per heavy atom. The van der Waals surface area contributed by atoms with Gasteiger partial charge in [-0.3, -0.25) is 10.1 Å². The smallest absolute Gasteiger partial charge is 0.245 e. The van der Waals surface area contributed by atoms with Gasteiger partial charge in [0.15, 0.2) is 0 Å². The van der Waals surface area contributed by atoms with Crippen molar-refractivity contribution in [3.63, 3.8) is 0 Å². The van der Waals surface area contributed by atoms with E-state index in [0.29, 0.717) is 6.54 Å². The lowest BCUT2D eigenvalue weighted by molar-refractivity contribution is -0.133. The van der Waals surface area contributed by atoms with E-state index in [-0.39, 0.29) is 23.7 Å². The monoisotopic (exact) mass is 290 g/mol. The average Bonchev–Trinajstić information content (AvgIpc) is 2.77. The van der Waals surface area contributed by atoms with E-state index >= 15 is 0 Å². The maximum Gasteiger partial charge on any atom is 0.245 e. The molecule has 0 aromatic heterocycles. The fourth-order valence-electron chi connectivity index (χ4n) is 2.73. The van der Waals surface area contributed by atoms with E-state index in [9.17, 15) is 4.79 Å². The number of benzene rings is 1. The number of methoxy groups -OCH3 is 1. The Labute approximate surface area is 127 Å². The molecule has 0 radical (unpaired) electrons. The normalized spacial score (nSPS) is 22.9. The first-order chi connectivity index (χ1) is 9.98. The Balaban J connectivity index is 2.20. The molecule has 1 N–H and O–H groups in total. The largest absolute Gasteiger partial charge is 0.377 e. The van der Waals surface area contributed by atoms with E-state index in [0.717, 1.165) is 18.4 Å². The van der Waals surface area contributed by atoms with Crippen molar-refractivity contribution in [1.82, 2.24) is 10.2 Å². The first-order valence-corrected chi connectivity index (χ1v) is 7.65. The Morgan fingerprint density at radius 2 is 1.95 bits per heavy atom. The molecule has 2 atom stereocenters. The molecule has 116 valence electrons. The van der Waals surface area contributed by atoms with E-state index in [1.54, 1.807) is 7.11 Å². The topological polar surface area (TPSA) is 41.6 Å². The third kappa shape index (κ3) is 3.63. The Kier molecular flexibility index (Phi) is 5.01. The molecular weight excluding hydrogens is 264 g/mol. The lowest BCUT2D eigenvalue weighted by atomic mass is 10.1. The molecule has 1 heterocycles. The SMILES string of the molecule is CCCC1NC(c2ccccc2)C(=O)N1CC(C)(C)OC. The van der Waals surface area contributed by atoms with Crippen LogP contribution in [0.2, 0.25) is 0 Å². The van der Waals surface area contributed by atoms with Crippen LogP contribution in [0.3, 0.4) is 0 Å². The molecule has 1 amide bonds. The van der Waals surface area contributed by atoms with Gasteiger partial charge in [-0.2, -0.15) is 0 Å². The van der Waals surface area contributed by atoms with Gasteiger partial charge in [-0.1, -0.05) is 43.7 Å². The predicted molar refractivity (Wildman–Crippen MR) is 83.8 cm³/mol. The summed E-state index contributed by atoms with van der Waals surface area (Å²) in [5.74, 6) is 0.143. The molecule has 1 aromatic rings. The molecule has 2 unspecified atom stereocenters. The highest BCUT2D eigenvalue weighted by Gasteiger charge is 2.41. The van der Waals surface area contributed by atoms with Gasteiger partial charge in [0.1, 0.15) is 6.04 Å². The first-order valence-electron chi connectivity index (χ1n) is 7.65. The molecule has 2 rings (SSSR count). The van der Waals surface area contributed by atoms with Gasteiger partial charge >= 0.3 is 0 Å². The lowest BCUT2D eigenvalue weighted by Crippen LogP contribution is -2.46. The summed E-state index contributed by atoms with van der Waals surface area (Å²) in [4.78, 5) is 14.7. The zero-order chi connectivity index (χ0) is 15.5. The highest BCUT2D eigenvalue weighted by molar-refractivity contribution is 5.85. The predicted octanol–water partition coefficient (Wildman–Crippen LogP) is 2.71. The zero-order valence-corrected chi connectivity index (χ0v) is 13.4. The number of nitrogens with one attached hydrogen (secondary N) is 1. The number of carbonyl (C=O) groups is 1. The van der Waals surface area contributed by atoms with Crippen LogP contribution in [-0.4, -0.2) is 36.2 Å². The zero-order valence-electron chi connectivity index (χ0n) is 13.4. The minimum absolute atomic E-state index is 0.0853. The highest BCUT2D eigenvalue weighted by Crippen LogP contribution is 2.28. The Bertz CT molecular complexity index is 473. The molecule has 1 fully saturated rings. The van der Waals surface area contributed by atoms with Crippen molar-refractivity contribution in [3.05, 3.63) is 35.9 Å². The summed E-state index contributed by atoms with van der Waals surface area (Å²) < 4.78 is 5.49. The van der Waals surface area contributed by atoms with E-state index < -0.39 is 0 Å². The average molecular weight is 290 g/mol. The minimum Gasteiger partial charge on any atom is -0.377 e. The van der Waals surface area contributed by atoms with E-state index in [4.69, 9.17) is 4.74 Å². The van der Waals surface area contributed by atoms with Crippen molar-refractivity contribution < 1.29 is 9.53 Å². The highest BCUT2D eigenvalue weighted by atomic mass is 16.5. The molecule has 0 aliphatic carbocycles. The maximum absolute atomic E-state index is 12.8. The summed E-state index contributed by atoms with van der Waals surface area (Å²) in [6, 6.07) is 9.68. The van der Waals surface area contributed by atoms with Crippen LogP contribution in [0.5, 0.6) is 0 Å². The van der Waals surface area contributed by atoms with Crippen LogP contribution >= 0.6 is 0 Å². The maximum atomic E-state index is 12.8. The molecule has 0 bridgehead atoms. The third-order valence-electron chi connectivity index (χ3n) is 4.06. The van der Waals surface area contributed by atoms with Gasteiger partial charge in [0.05, 0.1) is 18.3 Å². The van der Waals surface area contributed by atoms with Crippen molar-refractivity contribution in [3.8, 4) is 0 Å². The molecule has 1 aliphatic rings. The summed E-state index contributed by atoms with van der Waals surface area (Å²) in [6.07, 6.45) is 2.08. The van der Waals surface area contributed by atoms with Gasteiger partial charge < -0.3 is 9.64 Å². The first kappa shape index (κ1) is 16.0. The molecule has 4 nitrogen and oxygen atoms in total. The van der Waals surface area contributed by atoms with Crippen LogP contribution in [0, 0.1) is 0 Å². The molecule has 1 saturated heterocycles. The van der Waals surface area contributed by atoms with Gasteiger partial charge in [-0.15, -0.1) is 0 Å². The van der Waals surface area contributed by atoms with Crippen LogP contribution in [-0.2, 0) is 9.53 Å². The van der Waals surface area contributed by atoms with Crippen LogP contribution in [0.4, 0.5) is 0 Å². The standard InChI is InChI=1S/C17H26N2O2/c1-5-9-14-18-15(13-10-7-6-8-11-13)16(20)19(14)12-17(2,3)21-4/h6-8,10-11,14-15,18H,5,9,12H2,1-4H3. The van der Waals surface area contributed by atoms with Gasteiger partial charge in [0.25, 0.3) is 0 Å². The third-order valence-corrected chi connectivity index (χ3v) is 4.06. The quantitative estimate of drug-likeness (QED) is 0.876. The van der Waals surface area contributed by atoms with Crippen LogP contribution < -0.4 is 5.32 Å². The van der Waals surface area contributed by atoms with Crippen LogP contribution in [0.1, 0.15) is 45.2 Å². The Hall–Kier alpha value is -1.39. The summed E-state index contributed by atoms with van der Waals surface area (Å²) in [6.45, 7) is 6.77. The van der Waals surface area contributed by atoms with Crippen LogP contribution in [0.15, 0.2) is 30.3 Å². The summed E-state index contributed by atoms with van der Waals surface area (Å²) in [5, 5.41) is 3.48. The number of hydrogen-bond donors (Lipinski definition) is 1. The summed E-state index contributed by atoms with van der Waals surface area (Å²) in [5.41, 5.74) is 0.691. The van der Waals surface area contributed by atoms with Gasteiger partial charge in [0.2, 0.25) is 5.91 Å². The number of rotatable bonds is 6. The number of carbonyl (C=O) groups excluding carboxylic acids is 1. The fraction of sp³-hybridized carbons (Fsp3) is 0.588. The minimum atomic E-state index is -0.338. The molecule has 4 heteroatoms. The lowest BCUT2D eigenvalue weighted by Gasteiger charge is -2.32. The fourth-order valence-corrected chi connectivity index (χ4v) is 2.73. The second kappa shape index (κ2) is 6.58. The molecule has 21 heavy (non-hydrogen) atoms. The van der Waals surface area contributed by atoms with Gasteiger partial charge in [-0.25, -0.2) is 0 Å². The van der Waals surface area contributed by atoms with Gasteiger partial charge in [-0.05, 0) is 25.8 Å².